The van der Waals surface area contributed by atoms with E-state index in [2.05, 4.69) is 15.4 Å². The number of benzene rings is 1. The summed E-state index contributed by atoms with van der Waals surface area (Å²) in [5.41, 5.74) is 5.18. The Morgan fingerprint density at radius 2 is 1.89 bits per heavy atom. The van der Waals surface area contributed by atoms with Gasteiger partial charge in [0.1, 0.15) is 5.69 Å². The average molecular weight is 370 g/mol. The van der Waals surface area contributed by atoms with E-state index in [0.29, 0.717) is 23.4 Å². The largest absolute Gasteiger partial charge is 0.390 e. The highest BCUT2D eigenvalue weighted by Crippen LogP contribution is 2.54. The summed E-state index contributed by atoms with van der Waals surface area (Å²) in [4.78, 5) is 13.4. The van der Waals surface area contributed by atoms with Crippen molar-refractivity contribution in [2.75, 3.05) is 23.4 Å². The highest BCUT2D eigenvalue weighted by Gasteiger charge is 2.53. The summed E-state index contributed by atoms with van der Waals surface area (Å²) in [5.74, 6) is 1.24. The van der Waals surface area contributed by atoms with Crippen LogP contribution in [0.1, 0.15) is 44.9 Å². The maximum Gasteiger partial charge on any atom is 0.294 e. The maximum absolute atomic E-state index is 11.5. The standard InChI is InChI=1S/C20H26N4O3/c25-20-10-13-7-14(11-20)19(15(8-13)12-20)22-21-17-9-16(23-5-1-2-6-23)3-4-18(17)24(26)27/h3-4,9,13-15,21,25H,1-2,5-8,10-12H2. The first-order valence-electron chi connectivity index (χ1n) is 10.1. The van der Waals surface area contributed by atoms with Gasteiger partial charge in [0, 0.05) is 42.4 Å². The smallest absolute Gasteiger partial charge is 0.294 e. The molecule has 5 aliphatic rings. The second-order valence-corrected chi connectivity index (χ2v) is 8.87. The van der Waals surface area contributed by atoms with Crippen molar-refractivity contribution in [3.05, 3.63) is 28.3 Å². The van der Waals surface area contributed by atoms with Crippen LogP contribution in [0.2, 0.25) is 0 Å². The lowest BCUT2D eigenvalue weighted by Gasteiger charge is -2.54. The number of nitro groups is 1. The zero-order valence-corrected chi connectivity index (χ0v) is 15.4. The van der Waals surface area contributed by atoms with Crippen LogP contribution in [-0.4, -0.2) is 34.4 Å². The molecule has 1 aromatic carbocycles. The third kappa shape index (κ3) is 2.98. The Kier molecular flexibility index (Phi) is 3.89. The summed E-state index contributed by atoms with van der Waals surface area (Å²) in [6.45, 7) is 1.99. The molecule has 5 fully saturated rings. The number of nitrogens with one attached hydrogen (secondary N) is 1. The van der Waals surface area contributed by atoms with Gasteiger partial charge in [-0.3, -0.25) is 15.5 Å². The predicted octanol–water partition coefficient (Wildman–Crippen LogP) is 3.53. The van der Waals surface area contributed by atoms with Crippen LogP contribution < -0.4 is 10.3 Å². The number of rotatable bonds is 4. The zero-order valence-electron chi connectivity index (χ0n) is 15.4. The molecule has 6 rings (SSSR count). The van der Waals surface area contributed by atoms with Gasteiger partial charge in [-0.1, -0.05) is 0 Å². The summed E-state index contributed by atoms with van der Waals surface area (Å²) >= 11 is 0. The van der Waals surface area contributed by atoms with Gasteiger partial charge in [0.15, 0.2) is 0 Å². The normalized spacial score (nSPS) is 34.2. The SMILES string of the molecule is O=[N+]([O-])c1ccc(N2CCCC2)cc1NN=C1C2CC3CC1CC(O)(C3)C2. The van der Waals surface area contributed by atoms with Crippen LogP contribution >= 0.6 is 0 Å². The summed E-state index contributed by atoms with van der Waals surface area (Å²) < 4.78 is 0. The summed E-state index contributed by atoms with van der Waals surface area (Å²) in [5, 5.41) is 26.8. The molecular weight excluding hydrogens is 344 g/mol. The first-order chi connectivity index (χ1) is 13.0. The first-order valence-corrected chi connectivity index (χ1v) is 10.1. The maximum atomic E-state index is 11.5. The van der Waals surface area contributed by atoms with Gasteiger partial charge in [-0.05, 0) is 63.0 Å². The molecule has 2 unspecified atom stereocenters. The van der Waals surface area contributed by atoms with Gasteiger partial charge in [0.25, 0.3) is 5.69 Å². The Hall–Kier alpha value is -2.15. The van der Waals surface area contributed by atoms with E-state index in [-0.39, 0.29) is 10.6 Å². The molecule has 7 heteroatoms. The van der Waals surface area contributed by atoms with E-state index in [9.17, 15) is 15.2 Å². The number of nitrogens with zero attached hydrogens (tertiary/aromatic N) is 3. The molecule has 1 aliphatic heterocycles. The highest BCUT2D eigenvalue weighted by molar-refractivity contribution is 5.92. The Morgan fingerprint density at radius 3 is 2.52 bits per heavy atom. The zero-order chi connectivity index (χ0) is 18.6. The van der Waals surface area contributed by atoms with Gasteiger partial charge >= 0.3 is 0 Å². The molecule has 4 saturated carbocycles. The van der Waals surface area contributed by atoms with Gasteiger partial charge in [-0.15, -0.1) is 0 Å². The Morgan fingerprint density at radius 1 is 1.19 bits per heavy atom. The van der Waals surface area contributed by atoms with E-state index in [1.54, 1.807) is 6.07 Å². The molecule has 4 aliphatic carbocycles. The Bertz CT molecular complexity index is 784. The molecule has 0 radical (unpaired) electrons. The van der Waals surface area contributed by atoms with Crippen LogP contribution in [0.3, 0.4) is 0 Å². The third-order valence-electron chi connectivity index (χ3n) is 6.95. The van der Waals surface area contributed by atoms with Crippen LogP contribution in [-0.2, 0) is 0 Å². The lowest BCUT2D eigenvalue weighted by molar-refractivity contribution is -0.383. The number of hydrogen-bond acceptors (Lipinski definition) is 6. The quantitative estimate of drug-likeness (QED) is 0.625. The van der Waals surface area contributed by atoms with Crippen molar-refractivity contribution in [3.63, 3.8) is 0 Å². The molecule has 0 aromatic heterocycles. The lowest BCUT2D eigenvalue weighted by atomic mass is 9.53. The summed E-state index contributed by atoms with van der Waals surface area (Å²) in [6.07, 6.45) is 7.02. The molecule has 4 bridgehead atoms. The molecular formula is C20H26N4O3. The molecule has 0 spiro atoms. The minimum absolute atomic E-state index is 0.0599. The molecule has 144 valence electrons. The molecule has 1 heterocycles. The molecule has 2 N–H and O–H groups in total. The van der Waals surface area contributed by atoms with Crippen LogP contribution in [0.5, 0.6) is 0 Å². The molecule has 2 atom stereocenters. The van der Waals surface area contributed by atoms with Crippen molar-refractivity contribution in [2.24, 2.45) is 22.9 Å². The van der Waals surface area contributed by atoms with E-state index in [1.807, 2.05) is 12.1 Å². The molecule has 27 heavy (non-hydrogen) atoms. The van der Waals surface area contributed by atoms with Crippen LogP contribution in [0.15, 0.2) is 23.3 Å². The van der Waals surface area contributed by atoms with Crippen molar-refractivity contribution in [2.45, 2.75) is 50.5 Å². The summed E-state index contributed by atoms with van der Waals surface area (Å²) in [7, 11) is 0. The van der Waals surface area contributed by atoms with Crippen molar-refractivity contribution in [1.29, 1.82) is 0 Å². The van der Waals surface area contributed by atoms with Crippen molar-refractivity contribution >= 4 is 22.8 Å². The van der Waals surface area contributed by atoms with Crippen LogP contribution in [0.4, 0.5) is 17.1 Å². The molecule has 1 aromatic rings. The Labute approximate surface area is 158 Å². The number of anilines is 2. The van der Waals surface area contributed by atoms with E-state index >= 15 is 0 Å². The van der Waals surface area contributed by atoms with Gasteiger partial charge in [-0.2, -0.15) is 5.10 Å². The topological polar surface area (TPSA) is 91.0 Å². The van der Waals surface area contributed by atoms with Gasteiger partial charge in [0.2, 0.25) is 0 Å². The highest BCUT2D eigenvalue weighted by atomic mass is 16.6. The van der Waals surface area contributed by atoms with Crippen molar-refractivity contribution in [1.82, 2.24) is 0 Å². The molecule has 0 amide bonds. The molecule has 7 nitrogen and oxygen atoms in total. The van der Waals surface area contributed by atoms with Gasteiger partial charge in [-0.25, -0.2) is 0 Å². The Balaban J connectivity index is 1.42. The van der Waals surface area contributed by atoms with E-state index in [4.69, 9.17) is 0 Å². The number of hydrogen-bond donors (Lipinski definition) is 2. The fourth-order valence-electron chi connectivity index (χ4n) is 5.98. The average Bonchev–Trinajstić information content (AvgIpc) is 3.14. The lowest BCUT2D eigenvalue weighted by Crippen LogP contribution is -2.55. The second kappa shape index (κ2) is 6.19. The third-order valence-corrected chi connectivity index (χ3v) is 6.95. The number of hydrazone groups is 1. The molecule has 1 saturated heterocycles. The predicted molar refractivity (Wildman–Crippen MR) is 104 cm³/mol. The van der Waals surface area contributed by atoms with Crippen molar-refractivity contribution < 1.29 is 10.0 Å². The van der Waals surface area contributed by atoms with Gasteiger partial charge in [0.05, 0.1) is 10.5 Å². The van der Waals surface area contributed by atoms with Crippen LogP contribution in [0.25, 0.3) is 0 Å². The number of nitro benzene ring substituents is 1. The monoisotopic (exact) mass is 370 g/mol. The van der Waals surface area contributed by atoms with E-state index < -0.39 is 5.60 Å². The fourth-order valence-corrected chi connectivity index (χ4v) is 5.98. The second-order valence-electron chi connectivity index (χ2n) is 8.87. The van der Waals surface area contributed by atoms with Gasteiger partial charge < -0.3 is 10.0 Å². The number of aliphatic hydroxyl groups is 1. The minimum Gasteiger partial charge on any atom is -0.390 e. The van der Waals surface area contributed by atoms with Crippen LogP contribution in [0, 0.1) is 27.9 Å². The van der Waals surface area contributed by atoms with Crippen molar-refractivity contribution in [3.8, 4) is 0 Å². The summed E-state index contributed by atoms with van der Waals surface area (Å²) in [6, 6.07) is 5.27. The van der Waals surface area contributed by atoms with E-state index in [1.165, 1.54) is 0 Å². The first kappa shape index (κ1) is 17.0. The van der Waals surface area contributed by atoms with E-state index in [0.717, 1.165) is 69.4 Å². The fraction of sp³-hybridized carbons (Fsp3) is 0.650. The minimum atomic E-state index is -0.503.